The van der Waals surface area contributed by atoms with Crippen molar-refractivity contribution in [2.75, 3.05) is 6.54 Å². The third kappa shape index (κ3) is 6.59. The fourth-order valence-corrected chi connectivity index (χ4v) is 2.28. The Hall–Kier alpha value is -2.82. The Morgan fingerprint density at radius 3 is 2.19 bits per heavy atom. The number of hydrogen-bond acceptors (Lipinski definition) is 4. The summed E-state index contributed by atoms with van der Waals surface area (Å²) in [6.45, 7) is 6.14. The molecule has 2 aromatic rings. The van der Waals surface area contributed by atoms with Crippen LogP contribution in [0.4, 0.5) is 4.79 Å². The second kappa shape index (κ2) is 9.04. The molecule has 0 heterocycles. The average Bonchev–Trinajstić information content (AvgIpc) is 2.59. The fraction of sp³-hybridized carbons (Fsp3) is 0.333. The molecule has 0 saturated heterocycles. The van der Waals surface area contributed by atoms with E-state index in [2.05, 4.69) is 0 Å². The molecular formula is C21H25NO4. The summed E-state index contributed by atoms with van der Waals surface area (Å²) >= 11 is 0. The highest BCUT2D eigenvalue weighted by atomic mass is 16.6. The molecule has 0 radical (unpaired) electrons. The van der Waals surface area contributed by atoms with Gasteiger partial charge in [-0.15, -0.1) is 0 Å². The van der Waals surface area contributed by atoms with Crippen molar-refractivity contribution in [2.45, 2.75) is 39.3 Å². The highest BCUT2D eigenvalue weighted by Crippen LogP contribution is 2.22. The van der Waals surface area contributed by atoms with Crippen molar-refractivity contribution in [1.29, 1.82) is 0 Å². The molecular weight excluding hydrogens is 330 g/mol. The molecule has 5 nitrogen and oxygen atoms in total. The van der Waals surface area contributed by atoms with Gasteiger partial charge < -0.3 is 19.2 Å². The number of carbonyl (C=O) groups is 2. The van der Waals surface area contributed by atoms with Gasteiger partial charge in [0.15, 0.2) is 0 Å². The van der Waals surface area contributed by atoms with E-state index < -0.39 is 11.7 Å². The van der Waals surface area contributed by atoms with Crippen molar-refractivity contribution in [3.8, 4) is 11.5 Å². The molecule has 0 spiro atoms. The van der Waals surface area contributed by atoms with Gasteiger partial charge >= 0.3 is 6.09 Å². The van der Waals surface area contributed by atoms with Crippen LogP contribution in [0.3, 0.4) is 0 Å². The Labute approximate surface area is 154 Å². The van der Waals surface area contributed by atoms with Gasteiger partial charge in [0.05, 0.1) is 0 Å². The molecule has 0 aromatic heterocycles. The average molecular weight is 355 g/mol. The molecule has 26 heavy (non-hydrogen) atoms. The van der Waals surface area contributed by atoms with Crippen LogP contribution in [-0.4, -0.2) is 29.4 Å². The Balaban J connectivity index is 2.02. The molecule has 0 N–H and O–H groups in total. The van der Waals surface area contributed by atoms with Crippen molar-refractivity contribution < 1.29 is 19.1 Å². The van der Waals surface area contributed by atoms with E-state index in [-0.39, 0.29) is 6.42 Å². The van der Waals surface area contributed by atoms with E-state index in [1.165, 1.54) is 4.90 Å². The number of para-hydroxylation sites is 1. The largest absolute Gasteiger partial charge is 0.457 e. The van der Waals surface area contributed by atoms with Crippen molar-refractivity contribution >= 4 is 12.4 Å². The maximum absolute atomic E-state index is 12.3. The zero-order valence-corrected chi connectivity index (χ0v) is 15.5. The lowest BCUT2D eigenvalue weighted by atomic mass is 10.2. The summed E-state index contributed by atoms with van der Waals surface area (Å²) in [5.74, 6) is 1.48. The second-order valence-electron chi connectivity index (χ2n) is 6.92. The highest BCUT2D eigenvalue weighted by Gasteiger charge is 2.22. The molecule has 0 aliphatic rings. The lowest BCUT2D eigenvalue weighted by Gasteiger charge is -2.27. The summed E-state index contributed by atoms with van der Waals surface area (Å²) in [5, 5.41) is 0. The van der Waals surface area contributed by atoms with Gasteiger partial charge in [0.1, 0.15) is 23.4 Å². The van der Waals surface area contributed by atoms with Crippen LogP contribution in [0.25, 0.3) is 0 Å². The van der Waals surface area contributed by atoms with Gasteiger partial charge in [-0.05, 0) is 50.6 Å². The number of amides is 1. The standard InChI is InChI=1S/C21H25NO4/c1-21(2,3)26-20(24)22(14-7-15-23)16-17-10-12-19(13-11-17)25-18-8-5-4-6-9-18/h4-6,8-13,15H,7,14,16H2,1-3H3. The third-order valence-corrected chi connectivity index (χ3v) is 3.44. The van der Waals surface area contributed by atoms with Crippen LogP contribution in [0.15, 0.2) is 54.6 Å². The van der Waals surface area contributed by atoms with Crippen LogP contribution >= 0.6 is 0 Å². The minimum atomic E-state index is -0.579. The van der Waals surface area contributed by atoms with Crippen molar-refractivity contribution in [2.24, 2.45) is 0 Å². The molecule has 0 fully saturated rings. The number of aldehydes is 1. The first kappa shape index (κ1) is 19.5. The van der Waals surface area contributed by atoms with Crippen LogP contribution in [0.5, 0.6) is 11.5 Å². The van der Waals surface area contributed by atoms with E-state index in [0.29, 0.717) is 13.1 Å². The van der Waals surface area contributed by atoms with Gasteiger partial charge in [0, 0.05) is 19.5 Å². The fourth-order valence-electron chi connectivity index (χ4n) is 2.28. The molecule has 138 valence electrons. The maximum Gasteiger partial charge on any atom is 0.410 e. The molecule has 2 rings (SSSR count). The summed E-state index contributed by atoms with van der Waals surface area (Å²) in [4.78, 5) is 24.6. The molecule has 5 heteroatoms. The van der Waals surface area contributed by atoms with Gasteiger partial charge in [-0.1, -0.05) is 30.3 Å². The lowest BCUT2D eigenvalue weighted by Crippen LogP contribution is -2.37. The molecule has 0 atom stereocenters. The first-order valence-electron chi connectivity index (χ1n) is 8.61. The number of rotatable bonds is 7. The molecule has 0 saturated carbocycles. The number of ether oxygens (including phenoxy) is 2. The predicted octanol–water partition coefficient (Wildman–Crippen LogP) is 4.81. The van der Waals surface area contributed by atoms with Crippen LogP contribution in [-0.2, 0) is 16.1 Å². The first-order chi connectivity index (χ1) is 12.4. The summed E-state index contributed by atoms with van der Waals surface area (Å²) in [5.41, 5.74) is 0.353. The lowest BCUT2D eigenvalue weighted by molar-refractivity contribution is -0.108. The second-order valence-corrected chi connectivity index (χ2v) is 6.92. The van der Waals surface area contributed by atoms with E-state index in [4.69, 9.17) is 9.47 Å². The molecule has 0 aliphatic carbocycles. The molecule has 2 aromatic carbocycles. The third-order valence-electron chi connectivity index (χ3n) is 3.44. The van der Waals surface area contributed by atoms with Crippen LogP contribution in [0, 0.1) is 0 Å². The van der Waals surface area contributed by atoms with E-state index in [9.17, 15) is 9.59 Å². The normalized spacial score (nSPS) is 10.9. The van der Waals surface area contributed by atoms with Crippen LogP contribution in [0.2, 0.25) is 0 Å². The molecule has 0 bridgehead atoms. The minimum absolute atomic E-state index is 0.272. The van der Waals surface area contributed by atoms with E-state index in [0.717, 1.165) is 23.3 Å². The number of carbonyl (C=O) groups excluding carboxylic acids is 2. The van der Waals surface area contributed by atoms with Gasteiger partial charge in [-0.3, -0.25) is 0 Å². The monoisotopic (exact) mass is 355 g/mol. The van der Waals surface area contributed by atoms with E-state index in [1.54, 1.807) is 0 Å². The summed E-state index contributed by atoms with van der Waals surface area (Å²) < 4.78 is 11.2. The van der Waals surface area contributed by atoms with E-state index in [1.807, 2.05) is 75.4 Å². The first-order valence-corrected chi connectivity index (χ1v) is 8.61. The number of hydrogen-bond donors (Lipinski definition) is 0. The van der Waals surface area contributed by atoms with Crippen molar-refractivity contribution in [3.63, 3.8) is 0 Å². The Bertz CT molecular complexity index is 705. The van der Waals surface area contributed by atoms with Crippen molar-refractivity contribution in [3.05, 3.63) is 60.2 Å². The maximum atomic E-state index is 12.3. The van der Waals surface area contributed by atoms with Gasteiger partial charge in [-0.25, -0.2) is 4.79 Å². The highest BCUT2D eigenvalue weighted by molar-refractivity contribution is 5.68. The zero-order chi connectivity index (χ0) is 19.0. The Morgan fingerprint density at radius 1 is 1.00 bits per heavy atom. The smallest absolute Gasteiger partial charge is 0.410 e. The molecule has 0 unspecified atom stereocenters. The van der Waals surface area contributed by atoms with E-state index >= 15 is 0 Å². The quantitative estimate of drug-likeness (QED) is 0.669. The summed E-state index contributed by atoms with van der Waals surface area (Å²) in [6, 6.07) is 17.0. The summed E-state index contributed by atoms with van der Waals surface area (Å²) in [6.07, 6.45) is 0.645. The van der Waals surface area contributed by atoms with Gasteiger partial charge in [-0.2, -0.15) is 0 Å². The molecule has 1 amide bonds. The van der Waals surface area contributed by atoms with Gasteiger partial charge in [0.25, 0.3) is 0 Å². The van der Waals surface area contributed by atoms with Crippen LogP contribution < -0.4 is 4.74 Å². The predicted molar refractivity (Wildman–Crippen MR) is 100 cm³/mol. The van der Waals surface area contributed by atoms with Gasteiger partial charge in [0.2, 0.25) is 0 Å². The Kier molecular flexibility index (Phi) is 6.78. The SMILES string of the molecule is CC(C)(C)OC(=O)N(CCC=O)Cc1ccc(Oc2ccccc2)cc1. The van der Waals surface area contributed by atoms with Crippen LogP contribution in [0.1, 0.15) is 32.8 Å². The topological polar surface area (TPSA) is 55.8 Å². The molecule has 0 aliphatic heterocycles. The van der Waals surface area contributed by atoms with Crippen molar-refractivity contribution in [1.82, 2.24) is 4.90 Å². The minimum Gasteiger partial charge on any atom is -0.457 e. The Morgan fingerprint density at radius 2 is 1.62 bits per heavy atom. The number of benzene rings is 2. The zero-order valence-electron chi connectivity index (χ0n) is 15.5. The number of nitrogens with zero attached hydrogens (tertiary/aromatic N) is 1. The summed E-state index contributed by atoms with van der Waals surface area (Å²) in [7, 11) is 0.